The fourth-order valence-electron chi connectivity index (χ4n) is 1.75. The van der Waals surface area contributed by atoms with Crippen LogP contribution >= 0.6 is 0 Å². The van der Waals surface area contributed by atoms with Crippen LogP contribution in [-0.4, -0.2) is 25.9 Å². The molecule has 0 radical (unpaired) electrons. The van der Waals surface area contributed by atoms with Crippen molar-refractivity contribution < 1.29 is 14.6 Å². The van der Waals surface area contributed by atoms with E-state index in [0.717, 1.165) is 23.3 Å². The van der Waals surface area contributed by atoms with Gasteiger partial charge in [0, 0.05) is 6.07 Å². The van der Waals surface area contributed by atoms with Crippen LogP contribution in [0, 0.1) is 0 Å². The van der Waals surface area contributed by atoms with Crippen LogP contribution in [-0.2, 0) is 6.42 Å². The molecule has 1 aromatic rings. The lowest BCUT2D eigenvalue weighted by Crippen LogP contribution is -2.17. The van der Waals surface area contributed by atoms with Crippen molar-refractivity contribution in [3.63, 3.8) is 0 Å². The monoisotopic (exact) mass is 225 g/mol. The maximum atomic E-state index is 9.13. The van der Waals surface area contributed by atoms with E-state index in [-0.39, 0.29) is 6.61 Å². The predicted octanol–water partition coefficient (Wildman–Crippen LogP) is 1.26. The first-order valence-electron chi connectivity index (χ1n) is 5.29. The summed E-state index contributed by atoms with van der Waals surface area (Å²) < 4.78 is 10.5. The van der Waals surface area contributed by atoms with Crippen molar-refractivity contribution in [2.75, 3.05) is 20.8 Å². The molecular weight excluding hydrogens is 206 g/mol. The molecule has 0 spiro atoms. The zero-order valence-corrected chi connectivity index (χ0v) is 9.99. The molecule has 1 aromatic carbocycles. The van der Waals surface area contributed by atoms with E-state index in [4.69, 9.17) is 20.3 Å². The highest BCUT2D eigenvalue weighted by molar-refractivity contribution is 5.48. The van der Waals surface area contributed by atoms with Crippen molar-refractivity contribution in [3.05, 3.63) is 23.3 Å². The van der Waals surface area contributed by atoms with Gasteiger partial charge in [0.05, 0.1) is 26.9 Å². The highest BCUT2D eigenvalue weighted by Crippen LogP contribution is 2.31. The second-order valence-corrected chi connectivity index (χ2v) is 3.54. The fourth-order valence-corrected chi connectivity index (χ4v) is 1.75. The highest BCUT2D eigenvalue weighted by Gasteiger charge is 2.15. The normalized spacial score (nSPS) is 12.3. The highest BCUT2D eigenvalue weighted by atomic mass is 16.5. The van der Waals surface area contributed by atoms with Crippen molar-refractivity contribution in [3.8, 4) is 11.5 Å². The van der Waals surface area contributed by atoms with E-state index < -0.39 is 6.04 Å². The Morgan fingerprint density at radius 1 is 1.31 bits per heavy atom. The van der Waals surface area contributed by atoms with Gasteiger partial charge in [-0.05, 0) is 23.6 Å². The summed E-state index contributed by atoms with van der Waals surface area (Å²) in [5.41, 5.74) is 7.75. The van der Waals surface area contributed by atoms with Crippen molar-refractivity contribution >= 4 is 0 Å². The second kappa shape index (κ2) is 5.72. The summed E-state index contributed by atoms with van der Waals surface area (Å²) >= 11 is 0. The first-order valence-corrected chi connectivity index (χ1v) is 5.29. The molecule has 3 N–H and O–H groups in total. The van der Waals surface area contributed by atoms with Crippen molar-refractivity contribution in [2.45, 2.75) is 19.4 Å². The van der Waals surface area contributed by atoms with Crippen LogP contribution in [0.1, 0.15) is 24.1 Å². The van der Waals surface area contributed by atoms with E-state index in [2.05, 4.69) is 0 Å². The fraction of sp³-hybridized carbons (Fsp3) is 0.500. The molecule has 0 bridgehead atoms. The van der Waals surface area contributed by atoms with Crippen molar-refractivity contribution in [2.24, 2.45) is 5.73 Å². The van der Waals surface area contributed by atoms with Crippen LogP contribution in [0.4, 0.5) is 0 Å². The molecule has 0 saturated heterocycles. The number of ether oxygens (including phenoxy) is 2. The Labute approximate surface area is 96.0 Å². The van der Waals surface area contributed by atoms with Gasteiger partial charge in [-0.2, -0.15) is 0 Å². The summed E-state index contributed by atoms with van der Waals surface area (Å²) in [6, 6.07) is 3.27. The number of nitrogens with two attached hydrogens (primary N) is 1. The number of rotatable bonds is 5. The van der Waals surface area contributed by atoms with Gasteiger partial charge in [0.25, 0.3) is 0 Å². The summed E-state index contributed by atoms with van der Waals surface area (Å²) in [5, 5.41) is 9.13. The molecule has 0 fully saturated rings. The van der Waals surface area contributed by atoms with Gasteiger partial charge in [0.2, 0.25) is 0 Å². The van der Waals surface area contributed by atoms with Crippen molar-refractivity contribution in [1.29, 1.82) is 0 Å². The smallest absolute Gasteiger partial charge is 0.126 e. The van der Waals surface area contributed by atoms with Gasteiger partial charge in [0.15, 0.2) is 0 Å². The van der Waals surface area contributed by atoms with Gasteiger partial charge in [-0.15, -0.1) is 0 Å². The largest absolute Gasteiger partial charge is 0.497 e. The lowest BCUT2D eigenvalue weighted by molar-refractivity contribution is 0.266. The summed E-state index contributed by atoms with van der Waals surface area (Å²) in [5.74, 6) is 1.44. The molecule has 0 heterocycles. The van der Waals surface area contributed by atoms with Crippen LogP contribution in [0.15, 0.2) is 12.1 Å². The molecule has 0 aliphatic carbocycles. The molecule has 90 valence electrons. The molecule has 0 amide bonds. The summed E-state index contributed by atoms with van der Waals surface area (Å²) in [6.45, 7) is 1.93. The van der Waals surface area contributed by atoms with Gasteiger partial charge in [-0.1, -0.05) is 6.92 Å². The number of methoxy groups -OCH3 is 2. The standard InChI is InChI=1S/C12H19NO3/c1-4-9-10(11(13)7-14)5-8(15-2)6-12(9)16-3/h5-6,11,14H,4,7,13H2,1-3H3. The van der Waals surface area contributed by atoms with E-state index in [1.807, 2.05) is 19.1 Å². The van der Waals surface area contributed by atoms with E-state index >= 15 is 0 Å². The van der Waals surface area contributed by atoms with Crippen LogP contribution in [0.2, 0.25) is 0 Å². The summed E-state index contributed by atoms with van der Waals surface area (Å²) in [6.07, 6.45) is 0.802. The van der Waals surface area contributed by atoms with Crippen molar-refractivity contribution in [1.82, 2.24) is 0 Å². The molecule has 4 nitrogen and oxygen atoms in total. The van der Waals surface area contributed by atoms with Crippen LogP contribution in [0.5, 0.6) is 11.5 Å². The molecular formula is C12H19NO3. The number of aliphatic hydroxyl groups is 1. The van der Waals surface area contributed by atoms with Gasteiger partial charge in [0.1, 0.15) is 11.5 Å². The predicted molar refractivity (Wildman–Crippen MR) is 62.9 cm³/mol. The second-order valence-electron chi connectivity index (χ2n) is 3.54. The third-order valence-electron chi connectivity index (χ3n) is 2.62. The first-order chi connectivity index (χ1) is 7.67. The molecule has 0 aromatic heterocycles. The zero-order chi connectivity index (χ0) is 12.1. The lowest BCUT2D eigenvalue weighted by Gasteiger charge is -2.18. The topological polar surface area (TPSA) is 64.7 Å². The molecule has 0 aliphatic heterocycles. The Hall–Kier alpha value is -1.26. The Morgan fingerprint density at radius 2 is 2.00 bits per heavy atom. The van der Waals surface area contributed by atoms with E-state index in [1.54, 1.807) is 14.2 Å². The number of benzene rings is 1. The number of hydrogen-bond donors (Lipinski definition) is 2. The number of aliphatic hydroxyl groups excluding tert-OH is 1. The minimum atomic E-state index is -0.404. The Morgan fingerprint density at radius 3 is 2.44 bits per heavy atom. The third kappa shape index (κ3) is 2.46. The van der Waals surface area contributed by atoms with E-state index in [0.29, 0.717) is 5.75 Å². The van der Waals surface area contributed by atoms with Crippen LogP contribution < -0.4 is 15.2 Å². The van der Waals surface area contributed by atoms with Crippen LogP contribution in [0.25, 0.3) is 0 Å². The van der Waals surface area contributed by atoms with Crippen LogP contribution in [0.3, 0.4) is 0 Å². The average Bonchev–Trinajstić information content (AvgIpc) is 2.35. The molecule has 0 aliphatic rings. The maximum Gasteiger partial charge on any atom is 0.126 e. The molecule has 4 heteroatoms. The zero-order valence-electron chi connectivity index (χ0n) is 9.99. The Bertz CT molecular complexity index is 352. The quantitative estimate of drug-likeness (QED) is 0.791. The third-order valence-corrected chi connectivity index (χ3v) is 2.62. The minimum Gasteiger partial charge on any atom is -0.497 e. The molecule has 16 heavy (non-hydrogen) atoms. The number of hydrogen-bond acceptors (Lipinski definition) is 4. The molecule has 1 unspecified atom stereocenters. The SMILES string of the molecule is CCc1c(OC)cc(OC)cc1C(N)CO. The summed E-state index contributed by atoms with van der Waals surface area (Å²) in [7, 11) is 3.21. The average molecular weight is 225 g/mol. The Balaban J connectivity index is 3.30. The first kappa shape index (κ1) is 12.8. The molecule has 0 saturated carbocycles. The van der Waals surface area contributed by atoms with E-state index in [1.165, 1.54) is 0 Å². The van der Waals surface area contributed by atoms with Gasteiger partial charge < -0.3 is 20.3 Å². The summed E-state index contributed by atoms with van der Waals surface area (Å²) in [4.78, 5) is 0. The maximum absolute atomic E-state index is 9.13. The van der Waals surface area contributed by atoms with Gasteiger partial charge in [-0.25, -0.2) is 0 Å². The van der Waals surface area contributed by atoms with Gasteiger partial charge >= 0.3 is 0 Å². The van der Waals surface area contributed by atoms with Gasteiger partial charge in [-0.3, -0.25) is 0 Å². The minimum absolute atomic E-state index is 0.0939. The lowest BCUT2D eigenvalue weighted by atomic mass is 9.98. The molecule has 1 atom stereocenters. The Kier molecular flexibility index (Phi) is 4.58. The molecule has 1 rings (SSSR count). The van der Waals surface area contributed by atoms with E-state index in [9.17, 15) is 0 Å².